The van der Waals surface area contributed by atoms with Crippen LogP contribution in [-0.4, -0.2) is 35.0 Å². The smallest absolute Gasteiger partial charge is 0.340 e. The number of ether oxygens (including phenoxy) is 1. The van der Waals surface area contributed by atoms with Crippen LogP contribution < -0.4 is 10.6 Å². The summed E-state index contributed by atoms with van der Waals surface area (Å²) in [6.07, 6.45) is 9.78. The number of carbonyl (C=O) groups excluding carboxylic acids is 3. The Kier molecular flexibility index (Phi) is 4.38. The number of hydrogen-bond donors (Lipinski definition) is 2. The second kappa shape index (κ2) is 6.70. The van der Waals surface area contributed by atoms with Gasteiger partial charge in [-0.25, -0.2) is 9.59 Å². The van der Waals surface area contributed by atoms with Crippen molar-refractivity contribution >= 4 is 17.9 Å². The molecule has 0 unspecified atom stereocenters. The third-order valence-corrected chi connectivity index (χ3v) is 5.90. The number of hydrogen-bond acceptors (Lipinski definition) is 5. The van der Waals surface area contributed by atoms with E-state index in [1.807, 2.05) is 0 Å². The predicted molar refractivity (Wildman–Crippen MR) is 92.1 cm³/mol. The molecular weight excluding hydrogens is 334 g/mol. The summed E-state index contributed by atoms with van der Waals surface area (Å²) in [7, 11) is 0. The lowest BCUT2D eigenvalue weighted by Crippen LogP contribution is -2.62. The monoisotopic (exact) mass is 357 g/mol. The highest BCUT2D eigenvalue weighted by Crippen LogP contribution is 2.55. The highest BCUT2D eigenvalue weighted by Gasteiger charge is 2.51. The fourth-order valence-corrected chi connectivity index (χ4v) is 5.40. The fraction of sp³-hybridized carbons (Fsp3) is 0.579. The molecule has 7 heteroatoms. The zero-order valence-electron chi connectivity index (χ0n) is 14.6. The van der Waals surface area contributed by atoms with Crippen LogP contribution in [0.15, 0.2) is 24.5 Å². The summed E-state index contributed by atoms with van der Waals surface area (Å²) in [4.78, 5) is 39.8. The number of pyridine rings is 1. The standard InChI is InChI=1S/C19H23N3O4/c23-16(11-26-17(24)15-2-1-3-20-10-15)21-18(25)22-19-7-12-4-13(8-19)6-14(5-12)9-19/h1-3,10,12-14H,4-9,11H2,(H2,21,22,23,25). The van der Waals surface area contributed by atoms with Gasteiger partial charge in [0.05, 0.1) is 5.56 Å². The van der Waals surface area contributed by atoms with E-state index in [-0.39, 0.29) is 11.1 Å². The molecule has 1 heterocycles. The first-order valence-corrected chi connectivity index (χ1v) is 9.20. The van der Waals surface area contributed by atoms with E-state index in [2.05, 4.69) is 15.6 Å². The van der Waals surface area contributed by atoms with Crippen molar-refractivity contribution in [2.45, 2.75) is 44.1 Å². The molecule has 7 nitrogen and oxygen atoms in total. The molecule has 1 aromatic heterocycles. The number of carbonyl (C=O) groups is 3. The van der Waals surface area contributed by atoms with Gasteiger partial charge in [0, 0.05) is 17.9 Å². The van der Waals surface area contributed by atoms with Crippen molar-refractivity contribution < 1.29 is 19.1 Å². The fourth-order valence-electron chi connectivity index (χ4n) is 5.40. The van der Waals surface area contributed by atoms with Crippen molar-refractivity contribution in [2.24, 2.45) is 17.8 Å². The van der Waals surface area contributed by atoms with E-state index in [0.29, 0.717) is 17.8 Å². The second-order valence-electron chi connectivity index (χ2n) is 8.02. The number of imide groups is 1. The third kappa shape index (κ3) is 3.57. The molecule has 4 aliphatic rings. The number of nitrogens with one attached hydrogen (secondary N) is 2. The Bertz CT molecular complexity index is 683. The summed E-state index contributed by atoms with van der Waals surface area (Å²) in [6, 6.07) is 2.66. The van der Waals surface area contributed by atoms with Gasteiger partial charge in [0.25, 0.3) is 5.91 Å². The Balaban J connectivity index is 1.26. The van der Waals surface area contributed by atoms with Crippen LogP contribution in [0.5, 0.6) is 0 Å². The van der Waals surface area contributed by atoms with E-state index in [9.17, 15) is 14.4 Å². The molecule has 0 radical (unpaired) electrons. The molecule has 0 aliphatic heterocycles. The topological polar surface area (TPSA) is 97.4 Å². The van der Waals surface area contributed by atoms with Crippen LogP contribution in [-0.2, 0) is 9.53 Å². The minimum atomic E-state index is -0.644. The summed E-state index contributed by atoms with van der Waals surface area (Å²) in [5.41, 5.74) is 0.101. The molecule has 0 saturated heterocycles. The summed E-state index contributed by atoms with van der Waals surface area (Å²) >= 11 is 0. The number of esters is 1. The molecular formula is C19H23N3O4. The first-order chi connectivity index (χ1) is 12.5. The third-order valence-electron chi connectivity index (χ3n) is 5.90. The zero-order chi connectivity index (χ0) is 18.1. The van der Waals surface area contributed by atoms with Crippen LogP contribution in [0.1, 0.15) is 48.9 Å². The summed E-state index contributed by atoms with van der Waals surface area (Å²) in [5.74, 6) is 0.840. The molecule has 4 aliphatic carbocycles. The van der Waals surface area contributed by atoms with Gasteiger partial charge in [-0.1, -0.05) is 0 Å². The van der Waals surface area contributed by atoms with Gasteiger partial charge in [0.15, 0.2) is 6.61 Å². The van der Waals surface area contributed by atoms with Gasteiger partial charge in [-0.2, -0.15) is 0 Å². The lowest BCUT2D eigenvalue weighted by molar-refractivity contribution is -0.123. The van der Waals surface area contributed by atoms with E-state index < -0.39 is 24.5 Å². The molecule has 2 N–H and O–H groups in total. The van der Waals surface area contributed by atoms with Crippen LogP contribution in [0.4, 0.5) is 4.79 Å². The van der Waals surface area contributed by atoms with Crippen molar-refractivity contribution in [3.05, 3.63) is 30.1 Å². The van der Waals surface area contributed by atoms with E-state index in [4.69, 9.17) is 4.74 Å². The van der Waals surface area contributed by atoms with Crippen molar-refractivity contribution in [2.75, 3.05) is 6.61 Å². The van der Waals surface area contributed by atoms with Gasteiger partial charge in [0.1, 0.15) is 0 Å². The van der Waals surface area contributed by atoms with Gasteiger partial charge in [-0.15, -0.1) is 0 Å². The van der Waals surface area contributed by atoms with E-state index in [1.54, 1.807) is 12.1 Å². The van der Waals surface area contributed by atoms with E-state index >= 15 is 0 Å². The Morgan fingerprint density at radius 1 is 1.12 bits per heavy atom. The first kappa shape index (κ1) is 17.0. The molecule has 3 amide bonds. The van der Waals surface area contributed by atoms with Crippen molar-refractivity contribution in [1.82, 2.24) is 15.6 Å². The predicted octanol–water partition coefficient (Wildman–Crippen LogP) is 2.03. The average molecular weight is 357 g/mol. The van der Waals surface area contributed by atoms with Gasteiger partial charge in [-0.3, -0.25) is 15.1 Å². The van der Waals surface area contributed by atoms with Crippen LogP contribution >= 0.6 is 0 Å². The van der Waals surface area contributed by atoms with Gasteiger partial charge < -0.3 is 10.1 Å². The lowest BCUT2D eigenvalue weighted by atomic mass is 9.53. The molecule has 0 aromatic carbocycles. The second-order valence-corrected chi connectivity index (χ2v) is 8.02. The normalized spacial score (nSPS) is 31.3. The van der Waals surface area contributed by atoms with Crippen LogP contribution in [0.3, 0.4) is 0 Å². The zero-order valence-corrected chi connectivity index (χ0v) is 14.6. The molecule has 4 fully saturated rings. The molecule has 0 spiro atoms. The minimum Gasteiger partial charge on any atom is -0.452 e. The largest absolute Gasteiger partial charge is 0.452 e. The lowest BCUT2D eigenvalue weighted by Gasteiger charge is -2.56. The number of urea groups is 1. The minimum absolute atomic E-state index is 0.161. The van der Waals surface area contributed by atoms with Crippen LogP contribution in [0.25, 0.3) is 0 Å². The SMILES string of the molecule is O=C(COC(=O)c1cccnc1)NC(=O)NC12CC3CC(CC(C3)C1)C2. The molecule has 0 atom stereocenters. The number of aromatic nitrogens is 1. The Hall–Kier alpha value is -2.44. The quantitative estimate of drug-likeness (QED) is 0.804. The average Bonchev–Trinajstić information content (AvgIpc) is 2.58. The van der Waals surface area contributed by atoms with Gasteiger partial charge >= 0.3 is 12.0 Å². The molecule has 1 aromatic rings. The highest BCUT2D eigenvalue weighted by atomic mass is 16.5. The van der Waals surface area contributed by atoms with Crippen molar-refractivity contribution in [3.63, 3.8) is 0 Å². The maximum absolute atomic E-state index is 12.3. The number of rotatable bonds is 4. The Morgan fingerprint density at radius 2 is 1.77 bits per heavy atom. The van der Waals surface area contributed by atoms with Gasteiger partial charge in [-0.05, 0) is 68.4 Å². The highest BCUT2D eigenvalue weighted by molar-refractivity contribution is 5.97. The van der Waals surface area contributed by atoms with E-state index in [1.165, 1.54) is 31.7 Å². The van der Waals surface area contributed by atoms with E-state index in [0.717, 1.165) is 19.3 Å². The van der Waals surface area contributed by atoms with Gasteiger partial charge in [0.2, 0.25) is 0 Å². The van der Waals surface area contributed by atoms with Crippen LogP contribution in [0, 0.1) is 17.8 Å². The summed E-state index contributed by atoms with van der Waals surface area (Å²) < 4.78 is 4.91. The first-order valence-electron chi connectivity index (χ1n) is 9.20. The number of nitrogens with zero attached hydrogens (tertiary/aromatic N) is 1. The summed E-state index contributed by atoms with van der Waals surface area (Å²) in [5, 5.41) is 5.33. The molecule has 5 rings (SSSR count). The maximum Gasteiger partial charge on any atom is 0.340 e. The Morgan fingerprint density at radius 3 is 2.35 bits per heavy atom. The number of amides is 3. The molecule has 26 heavy (non-hydrogen) atoms. The van der Waals surface area contributed by atoms with Crippen molar-refractivity contribution in [1.29, 1.82) is 0 Å². The molecule has 4 bridgehead atoms. The maximum atomic E-state index is 12.3. The van der Waals surface area contributed by atoms with Crippen LogP contribution in [0.2, 0.25) is 0 Å². The Labute approximate surface area is 151 Å². The molecule has 138 valence electrons. The van der Waals surface area contributed by atoms with Crippen molar-refractivity contribution in [3.8, 4) is 0 Å². The summed E-state index contributed by atoms with van der Waals surface area (Å²) in [6.45, 7) is -0.498. The molecule has 4 saturated carbocycles.